The Balaban J connectivity index is 1.25. The van der Waals surface area contributed by atoms with E-state index >= 15 is 0 Å². The van der Waals surface area contributed by atoms with Crippen molar-refractivity contribution >= 4 is 23.2 Å². The lowest BCUT2D eigenvalue weighted by atomic mass is 9.97. The molecule has 0 radical (unpaired) electrons. The molecule has 2 aliphatic rings. The first-order chi connectivity index (χ1) is 16.0. The topological polar surface area (TPSA) is 66.0 Å². The molecule has 0 bridgehead atoms. The number of hydrogen-bond acceptors (Lipinski definition) is 6. The van der Waals surface area contributed by atoms with E-state index in [9.17, 15) is 14.0 Å². The van der Waals surface area contributed by atoms with Crippen LogP contribution in [0.3, 0.4) is 0 Å². The first-order valence-corrected chi connectivity index (χ1v) is 12.4. The number of methoxy groups -OCH3 is 1. The van der Waals surface area contributed by atoms with Gasteiger partial charge in [0.15, 0.2) is 0 Å². The van der Waals surface area contributed by atoms with E-state index in [2.05, 4.69) is 9.88 Å². The van der Waals surface area contributed by atoms with Gasteiger partial charge in [-0.05, 0) is 30.5 Å². The standard InChI is InChI=1S/C24H31FN4O3S/c1-32-15-14-27-10-12-29(13-11-27)24(31)21-17-33-23(26-21)19-6-8-28(9-7-19)22(30)16-18-2-4-20(25)5-3-18/h2-5,17,19H,6-16H2,1H3. The molecule has 0 unspecified atom stereocenters. The number of hydrogen-bond donors (Lipinski definition) is 0. The van der Waals surface area contributed by atoms with Crippen molar-refractivity contribution < 1.29 is 18.7 Å². The van der Waals surface area contributed by atoms with Crippen molar-refractivity contribution in [2.45, 2.75) is 25.2 Å². The molecule has 0 spiro atoms. The van der Waals surface area contributed by atoms with Crippen LogP contribution in [-0.4, -0.2) is 91.0 Å². The van der Waals surface area contributed by atoms with Crippen molar-refractivity contribution in [1.82, 2.24) is 19.7 Å². The van der Waals surface area contributed by atoms with Gasteiger partial charge < -0.3 is 14.5 Å². The first kappa shape index (κ1) is 23.8. The average Bonchev–Trinajstić information content (AvgIpc) is 3.34. The van der Waals surface area contributed by atoms with Crippen LogP contribution >= 0.6 is 11.3 Å². The summed E-state index contributed by atoms with van der Waals surface area (Å²) in [6.45, 7) is 6.10. The molecule has 1 aromatic carbocycles. The van der Waals surface area contributed by atoms with Crippen LogP contribution in [0.5, 0.6) is 0 Å². The summed E-state index contributed by atoms with van der Waals surface area (Å²) in [7, 11) is 1.70. The van der Waals surface area contributed by atoms with E-state index in [1.165, 1.54) is 12.1 Å². The fourth-order valence-electron chi connectivity index (χ4n) is 4.39. The Hall–Kier alpha value is -2.36. The van der Waals surface area contributed by atoms with E-state index < -0.39 is 0 Å². The van der Waals surface area contributed by atoms with Crippen LogP contribution < -0.4 is 0 Å². The molecule has 2 aromatic rings. The summed E-state index contributed by atoms with van der Waals surface area (Å²) >= 11 is 1.55. The van der Waals surface area contributed by atoms with E-state index in [-0.39, 0.29) is 23.5 Å². The van der Waals surface area contributed by atoms with Gasteiger partial charge in [0.25, 0.3) is 5.91 Å². The molecule has 2 aliphatic heterocycles. The average molecular weight is 475 g/mol. The van der Waals surface area contributed by atoms with Crippen LogP contribution in [0, 0.1) is 5.82 Å². The van der Waals surface area contributed by atoms with Gasteiger partial charge in [0, 0.05) is 64.2 Å². The number of piperidine rings is 1. The van der Waals surface area contributed by atoms with E-state index in [0.717, 1.165) is 43.0 Å². The summed E-state index contributed by atoms with van der Waals surface area (Å²) in [6.07, 6.45) is 1.97. The summed E-state index contributed by atoms with van der Waals surface area (Å²) in [5, 5.41) is 2.86. The minimum atomic E-state index is -0.294. The molecule has 178 valence electrons. The van der Waals surface area contributed by atoms with Crippen LogP contribution in [0.1, 0.15) is 39.8 Å². The van der Waals surface area contributed by atoms with Crippen LogP contribution in [0.15, 0.2) is 29.6 Å². The Morgan fingerprint density at radius 1 is 1.06 bits per heavy atom. The van der Waals surface area contributed by atoms with Gasteiger partial charge in [0.05, 0.1) is 18.0 Å². The molecular formula is C24H31FN4O3S. The molecule has 0 N–H and O–H groups in total. The van der Waals surface area contributed by atoms with Crippen LogP contribution in [0.25, 0.3) is 0 Å². The Kier molecular flexibility index (Phi) is 8.06. The van der Waals surface area contributed by atoms with Crippen molar-refractivity contribution in [3.05, 3.63) is 51.7 Å². The monoisotopic (exact) mass is 474 g/mol. The van der Waals surface area contributed by atoms with Gasteiger partial charge in [-0.2, -0.15) is 0 Å². The zero-order valence-corrected chi connectivity index (χ0v) is 19.9. The summed E-state index contributed by atoms with van der Waals surface area (Å²) in [5.41, 5.74) is 1.36. The fraction of sp³-hybridized carbons (Fsp3) is 0.542. The molecule has 0 saturated carbocycles. The number of rotatable bonds is 7. The maximum Gasteiger partial charge on any atom is 0.273 e. The maximum atomic E-state index is 13.1. The SMILES string of the molecule is COCCN1CCN(C(=O)c2csc(C3CCN(C(=O)Cc4ccc(F)cc4)CC3)n2)CC1. The predicted molar refractivity (Wildman–Crippen MR) is 125 cm³/mol. The zero-order valence-electron chi connectivity index (χ0n) is 19.0. The minimum Gasteiger partial charge on any atom is -0.383 e. The molecule has 33 heavy (non-hydrogen) atoms. The number of ether oxygens (including phenoxy) is 1. The second-order valence-electron chi connectivity index (χ2n) is 8.66. The largest absolute Gasteiger partial charge is 0.383 e. The number of benzene rings is 1. The van der Waals surface area contributed by atoms with Gasteiger partial charge in [-0.25, -0.2) is 9.37 Å². The van der Waals surface area contributed by atoms with E-state index in [1.807, 2.05) is 15.2 Å². The quantitative estimate of drug-likeness (QED) is 0.617. The van der Waals surface area contributed by atoms with Crippen molar-refractivity contribution in [2.24, 2.45) is 0 Å². The molecule has 0 atom stereocenters. The highest BCUT2D eigenvalue weighted by Gasteiger charge is 2.28. The van der Waals surface area contributed by atoms with E-state index in [4.69, 9.17) is 4.74 Å². The molecule has 2 amide bonds. The van der Waals surface area contributed by atoms with E-state index in [0.29, 0.717) is 44.9 Å². The number of carbonyl (C=O) groups excluding carboxylic acids is 2. The lowest BCUT2D eigenvalue weighted by Gasteiger charge is -2.34. The summed E-state index contributed by atoms with van der Waals surface area (Å²) in [4.78, 5) is 36.3. The second-order valence-corrected chi connectivity index (χ2v) is 9.55. The van der Waals surface area contributed by atoms with Crippen LogP contribution in [0.4, 0.5) is 4.39 Å². The van der Waals surface area contributed by atoms with Gasteiger partial charge in [0.2, 0.25) is 5.91 Å². The third-order valence-electron chi connectivity index (χ3n) is 6.48. The summed E-state index contributed by atoms with van der Waals surface area (Å²) < 4.78 is 18.2. The van der Waals surface area contributed by atoms with E-state index in [1.54, 1.807) is 30.6 Å². The molecule has 4 rings (SSSR count). The molecule has 1 aromatic heterocycles. The minimum absolute atomic E-state index is 0.0100. The van der Waals surface area contributed by atoms with Crippen molar-refractivity contribution in [3.8, 4) is 0 Å². The first-order valence-electron chi connectivity index (χ1n) is 11.5. The molecule has 2 saturated heterocycles. The molecule has 9 heteroatoms. The zero-order chi connectivity index (χ0) is 23.2. The Morgan fingerprint density at radius 3 is 2.42 bits per heavy atom. The third kappa shape index (κ3) is 6.16. The smallest absolute Gasteiger partial charge is 0.273 e. The summed E-state index contributed by atoms with van der Waals surface area (Å²) in [5.74, 6) is 0.0606. The lowest BCUT2D eigenvalue weighted by Crippen LogP contribution is -2.49. The van der Waals surface area contributed by atoms with Gasteiger partial charge in [0.1, 0.15) is 11.5 Å². The number of aromatic nitrogens is 1. The molecule has 3 heterocycles. The Bertz CT molecular complexity index is 935. The number of piperazine rings is 1. The second kappa shape index (κ2) is 11.2. The highest BCUT2D eigenvalue weighted by Crippen LogP contribution is 2.31. The maximum absolute atomic E-state index is 13.1. The summed E-state index contributed by atoms with van der Waals surface area (Å²) in [6, 6.07) is 6.09. The van der Waals surface area contributed by atoms with Gasteiger partial charge >= 0.3 is 0 Å². The Morgan fingerprint density at radius 2 is 1.76 bits per heavy atom. The highest BCUT2D eigenvalue weighted by atomic mass is 32.1. The Labute approximate surface area is 198 Å². The van der Waals surface area contributed by atoms with Crippen LogP contribution in [0.2, 0.25) is 0 Å². The number of carbonyl (C=O) groups is 2. The number of amides is 2. The molecule has 2 fully saturated rings. The normalized spacial score (nSPS) is 18.0. The number of halogens is 1. The van der Waals surface area contributed by atoms with Gasteiger partial charge in [-0.3, -0.25) is 14.5 Å². The van der Waals surface area contributed by atoms with Crippen molar-refractivity contribution in [1.29, 1.82) is 0 Å². The third-order valence-corrected chi connectivity index (χ3v) is 7.48. The predicted octanol–water partition coefficient (Wildman–Crippen LogP) is 2.64. The molecular weight excluding hydrogens is 443 g/mol. The molecule has 7 nitrogen and oxygen atoms in total. The number of thiazole rings is 1. The van der Waals surface area contributed by atoms with Crippen LogP contribution in [-0.2, 0) is 16.0 Å². The number of nitrogens with zero attached hydrogens (tertiary/aromatic N) is 4. The highest BCUT2D eigenvalue weighted by molar-refractivity contribution is 7.09. The van der Waals surface area contributed by atoms with Crippen molar-refractivity contribution in [3.63, 3.8) is 0 Å². The van der Waals surface area contributed by atoms with Gasteiger partial charge in [-0.1, -0.05) is 12.1 Å². The lowest BCUT2D eigenvalue weighted by molar-refractivity contribution is -0.131. The fourth-order valence-corrected chi connectivity index (χ4v) is 5.36. The van der Waals surface area contributed by atoms with Crippen molar-refractivity contribution in [2.75, 3.05) is 59.5 Å². The molecule has 0 aliphatic carbocycles. The number of likely N-dealkylation sites (tertiary alicyclic amines) is 1. The van der Waals surface area contributed by atoms with Gasteiger partial charge in [-0.15, -0.1) is 11.3 Å².